The summed E-state index contributed by atoms with van der Waals surface area (Å²) < 4.78 is 5.63. The topological polar surface area (TPSA) is 50.4 Å². The minimum atomic E-state index is -0.0245. The molecule has 2 N–H and O–H groups in total. The van der Waals surface area contributed by atoms with E-state index in [0.717, 1.165) is 31.1 Å². The van der Waals surface area contributed by atoms with Crippen molar-refractivity contribution >= 4 is 11.6 Å². The van der Waals surface area contributed by atoms with Crippen LogP contribution < -0.4 is 15.4 Å². The smallest absolute Gasteiger partial charge is 0.255 e. The Morgan fingerprint density at radius 2 is 2.20 bits per heavy atom. The van der Waals surface area contributed by atoms with Gasteiger partial charge in [0.25, 0.3) is 5.91 Å². The first kappa shape index (κ1) is 13.3. The standard InChI is InChI=1S/C16H22N2O2/c19-16(18-9-8-12-4-1-2-5-12)13-6-3-7-14-15(13)20-11-10-17-14/h3,6-7,12,17H,1-2,4-5,8-11H2,(H,18,19). The molecule has 20 heavy (non-hydrogen) atoms. The van der Waals surface area contributed by atoms with Crippen molar-refractivity contribution in [2.45, 2.75) is 32.1 Å². The molecule has 0 radical (unpaired) electrons. The molecule has 1 fully saturated rings. The fourth-order valence-electron chi connectivity index (χ4n) is 3.13. The SMILES string of the molecule is O=C(NCCC1CCCC1)c1cccc2c1OCCN2. The molecule has 3 rings (SSSR count). The summed E-state index contributed by atoms with van der Waals surface area (Å²) in [6.45, 7) is 2.17. The first-order valence-corrected chi connectivity index (χ1v) is 7.62. The Bertz CT molecular complexity index is 481. The Balaban J connectivity index is 1.59. The van der Waals surface area contributed by atoms with Crippen molar-refractivity contribution in [1.29, 1.82) is 0 Å². The lowest BCUT2D eigenvalue weighted by Gasteiger charge is -2.21. The number of carbonyl (C=O) groups excluding carboxylic acids is 1. The molecule has 0 bridgehead atoms. The van der Waals surface area contributed by atoms with E-state index in [1.54, 1.807) is 0 Å². The molecule has 1 aliphatic carbocycles. The summed E-state index contributed by atoms with van der Waals surface area (Å²) in [6.07, 6.45) is 6.45. The largest absolute Gasteiger partial charge is 0.489 e. The van der Waals surface area contributed by atoms with Crippen LogP contribution >= 0.6 is 0 Å². The second-order valence-electron chi connectivity index (χ2n) is 5.65. The molecular weight excluding hydrogens is 252 g/mol. The molecule has 0 saturated heterocycles. The van der Waals surface area contributed by atoms with Gasteiger partial charge in [0, 0.05) is 13.1 Å². The number of benzene rings is 1. The number of amides is 1. The minimum Gasteiger partial charge on any atom is -0.489 e. The first-order chi connectivity index (χ1) is 9.84. The minimum absolute atomic E-state index is 0.0245. The maximum atomic E-state index is 12.3. The predicted molar refractivity (Wildman–Crippen MR) is 79.3 cm³/mol. The van der Waals surface area contributed by atoms with Gasteiger partial charge in [-0.25, -0.2) is 0 Å². The summed E-state index contributed by atoms with van der Waals surface area (Å²) in [6, 6.07) is 5.67. The van der Waals surface area contributed by atoms with Gasteiger partial charge in [0.05, 0.1) is 11.3 Å². The maximum absolute atomic E-state index is 12.3. The van der Waals surface area contributed by atoms with Crippen LogP contribution in [0.4, 0.5) is 5.69 Å². The molecule has 0 atom stereocenters. The van der Waals surface area contributed by atoms with Gasteiger partial charge in [-0.15, -0.1) is 0 Å². The number of carbonyl (C=O) groups is 1. The Morgan fingerprint density at radius 3 is 3.05 bits per heavy atom. The number of rotatable bonds is 4. The normalized spacial score (nSPS) is 18.0. The zero-order valence-corrected chi connectivity index (χ0v) is 11.8. The van der Waals surface area contributed by atoms with E-state index < -0.39 is 0 Å². The molecule has 1 aromatic carbocycles. The first-order valence-electron chi connectivity index (χ1n) is 7.62. The summed E-state index contributed by atoms with van der Waals surface area (Å²) in [5.41, 5.74) is 1.56. The van der Waals surface area contributed by atoms with Crippen LogP contribution in [0.25, 0.3) is 0 Å². The fourth-order valence-corrected chi connectivity index (χ4v) is 3.13. The summed E-state index contributed by atoms with van der Waals surface area (Å²) in [7, 11) is 0. The zero-order valence-electron chi connectivity index (χ0n) is 11.8. The van der Waals surface area contributed by atoms with Gasteiger partial charge >= 0.3 is 0 Å². The summed E-state index contributed by atoms with van der Waals surface area (Å²) in [5, 5.41) is 6.28. The van der Waals surface area contributed by atoms with Crippen molar-refractivity contribution in [2.24, 2.45) is 5.92 Å². The van der Waals surface area contributed by atoms with Gasteiger partial charge in [-0.05, 0) is 24.5 Å². The molecule has 0 aromatic heterocycles. The van der Waals surface area contributed by atoms with Crippen molar-refractivity contribution in [3.8, 4) is 5.75 Å². The van der Waals surface area contributed by atoms with E-state index in [1.807, 2.05) is 18.2 Å². The monoisotopic (exact) mass is 274 g/mol. The van der Waals surface area contributed by atoms with Crippen LogP contribution in [0, 0.1) is 5.92 Å². The third kappa shape index (κ3) is 2.89. The molecule has 108 valence electrons. The summed E-state index contributed by atoms with van der Waals surface area (Å²) >= 11 is 0. The molecular formula is C16H22N2O2. The van der Waals surface area contributed by atoms with Gasteiger partial charge in [-0.2, -0.15) is 0 Å². The third-order valence-corrected chi connectivity index (χ3v) is 4.24. The van der Waals surface area contributed by atoms with E-state index in [9.17, 15) is 4.79 Å². The summed E-state index contributed by atoms with van der Waals surface area (Å²) in [4.78, 5) is 12.3. The van der Waals surface area contributed by atoms with Crippen molar-refractivity contribution in [3.63, 3.8) is 0 Å². The van der Waals surface area contributed by atoms with Gasteiger partial charge in [-0.1, -0.05) is 31.7 Å². The Labute approximate surface area is 119 Å². The Morgan fingerprint density at radius 1 is 1.35 bits per heavy atom. The van der Waals surface area contributed by atoms with E-state index in [2.05, 4.69) is 10.6 Å². The summed E-state index contributed by atoms with van der Waals surface area (Å²) in [5.74, 6) is 1.47. The fraction of sp³-hybridized carbons (Fsp3) is 0.562. The van der Waals surface area contributed by atoms with Crippen LogP contribution in [0.2, 0.25) is 0 Å². The van der Waals surface area contributed by atoms with Gasteiger partial charge in [0.15, 0.2) is 5.75 Å². The van der Waals surface area contributed by atoms with Crippen LogP contribution in [0.3, 0.4) is 0 Å². The second-order valence-corrected chi connectivity index (χ2v) is 5.65. The number of ether oxygens (including phenoxy) is 1. The zero-order chi connectivity index (χ0) is 13.8. The van der Waals surface area contributed by atoms with E-state index in [4.69, 9.17) is 4.74 Å². The molecule has 1 amide bonds. The molecule has 0 spiro atoms. The molecule has 4 heteroatoms. The quantitative estimate of drug-likeness (QED) is 0.887. The lowest BCUT2D eigenvalue weighted by molar-refractivity contribution is 0.0947. The lowest BCUT2D eigenvalue weighted by atomic mass is 10.0. The van der Waals surface area contributed by atoms with Crippen LogP contribution in [0.15, 0.2) is 18.2 Å². The van der Waals surface area contributed by atoms with Gasteiger partial charge < -0.3 is 15.4 Å². The van der Waals surface area contributed by atoms with Gasteiger partial charge in [-0.3, -0.25) is 4.79 Å². The van der Waals surface area contributed by atoms with Gasteiger partial charge in [0.1, 0.15) is 6.61 Å². The highest BCUT2D eigenvalue weighted by Gasteiger charge is 2.19. The van der Waals surface area contributed by atoms with E-state index >= 15 is 0 Å². The van der Waals surface area contributed by atoms with Crippen LogP contribution in [0.1, 0.15) is 42.5 Å². The average Bonchev–Trinajstić information content (AvgIpc) is 3.00. The molecule has 1 heterocycles. The molecule has 1 aliphatic heterocycles. The van der Waals surface area contributed by atoms with Crippen LogP contribution in [0.5, 0.6) is 5.75 Å². The lowest BCUT2D eigenvalue weighted by Crippen LogP contribution is -2.28. The highest BCUT2D eigenvalue weighted by atomic mass is 16.5. The van der Waals surface area contributed by atoms with Crippen molar-refractivity contribution in [3.05, 3.63) is 23.8 Å². The Hall–Kier alpha value is -1.71. The van der Waals surface area contributed by atoms with Crippen molar-refractivity contribution < 1.29 is 9.53 Å². The van der Waals surface area contributed by atoms with E-state index in [0.29, 0.717) is 17.9 Å². The predicted octanol–water partition coefficient (Wildman–Crippen LogP) is 2.80. The molecule has 0 unspecified atom stereocenters. The second kappa shape index (κ2) is 6.16. The van der Waals surface area contributed by atoms with Crippen molar-refractivity contribution in [2.75, 3.05) is 25.0 Å². The maximum Gasteiger partial charge on any atom is 0.255 e. The van der Waals surface area contributed by atoms with E-state index in [1.165, 1.54) is 25.7 Å². The molecule has 1 aromatic rings. The van der Waals surface area contributed by atoms with E-state index in [-0.39, 0.29) is 5.91 Å². The number of hydrogen-bond donors (Lipinski definition) is 2. The molecule has 2 aliphatic rings. The highest BCUT2D eigenvalue weighted by Crippen LogP contribution is 2.31. The molecule has 1 saturated carbocycles. The number of para-hydroxylation sites is 1. The highest BCUT2D eigenvalue weighted by molar-refractivity contribution is 5.98. The van der Waals surface area contributed by atoms with Crippen molar-refractivity contribution in [1.82, 2.24) is 5.32 Å². The Kier molecular flexibility index (Phi) is 4.09. The molecule has 4 nitrogen and oxygen atoms in total. The number of nitrogens with one attached hydrogen (secondary N) is 2. The number of anilines is 1. The number of hydrogen-bond acceptors (Lipinski definition) is 3. The average molecular weight is 274 g/mol. The third-order valence-electron chi connectivity index (χ3n) is 4.24. The van der Waals surface area contributed by atoms with Gasteiger partial charge in [0.2, 0.25) is 0 Å². The van der Waals surface area contributed by atoms with Crippen LogP contribution in [-0.4, -0.2) is 25.6 Å². The number of fused-ring (bicyclic) bond motifs is 1. The van der Waals surface area contributed by atoms with Crippen LogP contribution in [-0.2, 0) is 0 Å².